The number of methoxy groups -OCH3 is 1. The van der Waals surface area contributed by atoms with Crippen LogP contribution in [-0.4, -0.2) is 27.5 Å². The van der Waals surface area contributed by atoms with Crippen molar-refractivity contribution in [3.63, 3.8) is 0 Å². The molecule has 120 valence electrons. The van der Waals surface area contributed by atoms with Crippen molar-refractivity contribution in [2.75, 3.05) is 7.11 Å². The predicted octanol–water partition coefficient (Wildman–Crippen LogP) is 4.16. The van der Waals surface area contributed by atoms with E-state index in [1.165, 1.54) is 7.11 Å². The zero-order valence-corrected chi connectivity index (χ0v) is 15.4. The van der Waals surface area contributed by atoms with Crippen molar-refractivity contribution in [1.82, 2.24) is 0 Å². The molecule has 0 aliphatic carbocycles. The topological polar surface area (TPSA) is 35.5 Å². The van der Waals surface area contributed by atoms with Gasteiger partial charge in [0.25, 0.3) is 0 Å². The first-order valence-corrected chi connectivity index (χ1v) is 10.3. The third-order valence-corrected chi connectivity index (χ3v) is 8.73. The van der Waals surface area contributed by atoms with Crippen LogP contribution in [0.3, 0.4) is 0 Å². The fourth-order valence-corrected chi connectivity index (χ4v) is 3.24. The normalized spacial score (nSPS) is 14.9. The van der Waals surface area contributed by atoms with Crippen LogP contribution < -0.4 is 0 Å². The van der Waals surface area contributed by atoms with Gasteiger partial charge in [0.05, 0.1) is 19.6 Å². The molecule has 2 atom stereocenters. The van der Waals surface area contributed by atoms with Gasteiger partial charge < -0.3 is 9.16 Å². The summed E-state index contributed by atoms with van der Waals surface area (Å²) >= 11 is 0. The van der Waals surface area contributed by atoms with E-state index in [4.69, 9.17) is 15.6 Å². The molecule has 0 unspecified atom stereocenters. The Morgan fingerprint density at radius 3 is 2.38 bits per heavy atom. The highest BCUT2D eigenvalue weighted by atomic mass is 28.4. The van der Waals surface area contributed by atoms with Crippen molar-refractivity contribution in [3.8, 4) is 12.3 Å². The summed E-state index contributed by atoms with van der Waals surface area (Å²) in [4.78, 5) is 11.6. The Kier molecular flexibility index (Phi) is 7.98. The van der Waals surface area contributed by atoms with E-state index in [0.29, 0.717) is 19.3 Å². The van der Waals surface area contributed by atoms with Crippen LogP contribution in [0, 0.1) is 18.3 Å². The van der Waals surface area contributed by atoms with Gasteiger partial charge in [0, 0.05) is 6.42 Å². The summed E-state index contributed by atoms with van der Waals surface area (Å²) in [5.41, 5.74) is 0. The summed E-state index contributed by atoms with van der Waals surface area (Å²) in [5.74, 6) is 2.46. The summed E-state index contributed by atoms with van der Waals surface area (Å²) in [7, 11) is -0.539. The Bertz CT molecular complexity index is 388. The Labute approximate surface area is 131 Å². The average molecular weight is 311 g/mol. The molecule has 0 heterocycles. The van der Waals surface area contributed by atoms with Crippen LogP contribution in [0.2, 0.25) is 18.1 Å². The maximum Gasteiger partial charge on any atom is 0.305 e. The first-order chi connectivity index (χ1) is 9.59. The molecule has 0 aromatic heterocycles. The number of allylic oxidation sites excluding steroid dienone is 1. The van der Waals surface area contributed by atoms with Gasteiger partial charge in [-0.05, 0) is 30.5 Å². The maximum absolute atomic E-state index is 11.6. The second-order valence-electron chi connectivity index (χ2n) is 6.89. The summed E-state index contributed by atoms with van der Waals surface area (Å²) in [5, 5.41) is 0.101. The Morgan fingerprint density at radius 1 is 1.43 bits per heavy atom. The van der Waals surface area contributed by atoms with Gasteiger partial charge in [-0.2, -0.15) is 0 Å². The van der Waals surface area contributed by atoms with Crippen molar-refractivity contribution in [3.05, 3.63) is 12.7 Å². The minimum atomic E-state index is -1.94. The molecule has 0 aliphatic rings. The summed E-state index contributed by atoms with van der Waals surface area (Å²) in [6, 6.07) is 0. The predicted molar refractivity (Wildman–Crippen MR) is 90.5 cm³/mol. The quantitative estimate of drug-likeness (QED) is 0.292. The molecule has 0 saturated heterocycles. The largest absolute Gasteiger partial charge is 0.469 e. The number of esters is 1. The van der Waals surface area contributed by atoms with E-state index in [0.717, 1.165) is 0 Å². The molecule has 21 heavy (non-hydrogen) atoms. The van der Waals surface area contributed by atoms with Crippen molar-refractivity contribution in [2.24, 2.45) is 5.92 Å². The number of rotatable bonds is 8. The van der Waals surface area contributed by atoms with Crippen LogP contribution in [0.25, 0.3) is 0 Å². The summed E-state index contributed by atoms with van der Waals surface area (Å²) in [6.07, 6.45) is 8.68. The lowest BCUT2D eigenvalue weighted by molar-refractivity contribution is -0.142. The van der Waals surface area contributed by atoms with E-state index in [-0.39, 0.29) is 23.0 Å². The average Bonchev–Trinajstić information content (AvgIpc) is 2.36. The highest BCUT2D eigenvalue weighted by Gasteiger charge is 2.40. The van der Waals surface area contributed by atoms with Gasteiger partial charge in [-0.15, -0.1) is 18.9 Å². The fraction of sp³-hybridized carbons (Fsp3) is 0.706. The van der Waals surface area contributed by atoms with E-state index in [9.17, 15) is 4.79 Å². The van der Waals surface area contributed by atoms with Gasteiger partial charge in [0.1, 0.15) is 0 Å². The minimum absolute atomic E-state index is 0.0140. The molecule has 0 bridgehead atoms. The van der Waals surface area contributed by atoms with Gasteiger partial charge in [0.15, 0.2) is 8.32 Å². The lowest BCUT2D eigenvalue weighted by Gasteiger charge is -2.41. The zero-order chi connectivity index (χ0) is 16.7. The van der Waals surface area contributed by atoms with Crippen molar-refractivity contribution in [1.29, 1.82) is 0 Å². The molecular formula is C17H30O3Si. The highest BCUT2D eigenvalue weighted by molar-refractivity contribution is 6.74. The third-order valence-electron chi connectivity index (χ3n) is 4.22. The smallest absolute Gasteiger partial charge is 0.305 e. The number of hydrogen-bond donors (Lipinski definition) is 0. The van der Waals surface area contributed by atoms with Crippen LogP contribution in [0.1, 0.15) is 40.0 Å². The van der Waals surface area contributed by atoms with Crippen molar-refractivity contribution in [2.45, 2.75) is 64.3 Å². The molecule has 4 heteroatoms. The Hall–Kier alpha value is -1.05. The van der Waals surface area contributed by atoms with E-state index in [2.05, 4.69) is 46.4 Å². The number of terminal acetylenes is 1. The Balaban J connectivity index is 5.18. The summed E-state index contributed by atoms with van der Waals surface area (Å²) in [6.45, 7) is 14.7. The number of carbonyl (C=O) groups is 1. The van der Waals surface area contributed by atoms with E-state index in [1.54, 1.807) is 0 Å². The van der Waals surface area contributed by atoms with Gasteiger partial charge in [-0.3, -0.25) is 4.79 Å². The van der Waals surface area contributed by atoms with Gasteiger partial charge >= 0.3 is 5.97 Å². The van der Waals surface area contributed by atoms with Gasteiger partial charge in [0.2, 0.25) is 0 Å². The van der Waals surface area contributed by atoms with Crippen LogP contribution in [0.4, 0.5) is 0 Å². The highest BCUT2D eigenvalue weighted by Crippen LogP contribution is 2.39. The Morgan fingerprint density at radius 2 is 2.00 bits per heavy atom. The second kappa shape index (κ2) is 8.40. The van der Waals surface area contributed by atoms with E-state index < -0.39 is 8.32 Å². The van der Waals surface area contributed by atoms with Gasteiger partial charge in [-0.25, -0.2) is 0 Å². The molecule has 0 fully saturated rings. The minimum Gasteiger partial charge on any atom is -0.469 e. The molecule has 0 aromatic rings. The molecule has 0 saturated carbocycles. The number of ether oxygens (including phenoxy) is 1. The molecule has 0 N–H and O–H groups in total. The molecule has 0 aliphatic heterocycles. The van der Waals surface area contributed by atoms with Crippen LogP contribution in [0.5, 0.6) is 0 Å². The zero-order valence-electron chi connectivity index (χ0n) is 14.4. The molecule has 0 amide bonds. The van der Waals surface area contributed by atoms with E-state index >= 15 is 0 Å². The fourth-order valence-electron chi connectivity index (χ4n) is 1.85. The van der Waals surface area contributed by atoms with Crippen LogP contribution >= 0.6 is 0 Å². The van der Waals surface area contributed by atoms with Crippen LogP contribution in [-0.2, 0) is 14.0 Å². The molecule has 3 nitrogen and oxygen atoms in total. The lowest BCUT2D eigenvalue weighted by atomic mass is 9.93. The molecule has 0 rings (SSSR count). The van der Waals surface area contributed by atoms with E-state index in [1.807, 2.05) is 6.08 Å². The maximum atomic E-state index is 11.6. The lowest BCUT2D eigenvalue weighted by Crippen LogP contribution is -2.46. The standard InChI is InChI=1S/C17H30O3Si/c1-9-11-14(13-16(18)19-6)15(12-10-2)20-21(7,8)17(3,4)5/h2,9,14-15H,1,11-13H2,3-8H3/t14-,15+/m0/s1. The van der Waals surface area contributed by atoms with Crippen LogP contribution in [0.15, 0.2) is 12.7 Å². The van der Waals surface area contributed by atoms with Crippen molar-refractivity contribution >= 4 is 14.3 Å². The second-order valence-corrected chi connectivity index (χ2v) is 11.6. The number of hydrogen-bond acceptors (Lipinski definition) is 3. The summed E-state index contributed by atoms with van der Waals surface area (Å²) < 4.78 is 11.2. The first-order valence-electron chi connectivity index (χ1n) is 7.38. The third kappa shape index (κ3) is 6.49. The van der Waals surface area contributed by atoms with Crippen molar-refractivity contribution < 1.29 is 14.0 Å². The monoisotopic (exact) mass is 310 g/mol. The first kappa shape index (κ1) is 19.9. The molecular weight excluding hydrogens is 280 g/mol. The molecule has 0 aromatic carbocycles. The SMILES string of the molecule is C#CC[C@@H](O[Si](C)(C)C(C)(C)C)[C@@H](CC=C)CC(=O)OC. The molecule has 0 spiro atoms. The van der Waals surface area contributed by atoms with Gasteiger partial charge in [-0.1, -0.05) is 26.8 Å². The molecule has 0 radical (unpaired) electrons. The number of carbonyl (C=O) groups excluding carboxylic acids is 1.